The lowest BCUT2D eigenvalue weighted by Crippen LogP contribution is -2.10. The van der Waals surface area contributed by atoms with Crippen LogP contribution in [0.5, 0.6) is 0 Å². The van der Waals surface area contributed by atoms with E-state index in [2.05, 4.69) is 42.6 Å². The van der Waals surface area contributed by atoms with Gasteiger partial charge in [0.05, 0.1) is 23.7 Å². The zero-order valence-corrected chi connectivity index (χ0v) is 17.9. The minimum atomic E-state index is -0.281. The average Bonchev–Trinajstić information content (AvgIpc) is 3.03. The van der Waals surface area contributed by atoms with E-state index in [1.807, 2.05) is 44.3 Å². The summed E-state index contributed by atoms with van der Waals surface area (Å²) in [6, 6.07) is 11.6. The number of halogens is 1. The quantitative estimate of drug-likeness (QED) is 0.481. The molecule has 0 fully saturated rings. The van der Waals surface area contributed by atoms with Gasteiger partial charge in [0.2, 0.25) is 0 Å². The minimum Gasteiger partial charge on any atom is -0.466 e. The van der Waals surface area contributed by atoms with E-state index in [0.29, 0.717) is 13.0 Å². The molecule has 1 aliphatic rings. The van der Waals surface area contributed by atoms with Gasteiger partial charge in [-0.3, -0.25) is 19.3 Å². The number of aromatic nitrogens is 3. The fraction of sp³-hybridized carbons (Fsp3) is 0.304. The first-order chi connectivity index (χ1) is 14.1. The molecule has 0 saturated heterocycles. The molecule has 0 bridgehead atoms. The number of fused-ring (bicyclic) bond motifs is 3. The van der Waals surface area contributed by atoms with Crippen molar-refractivity contribution in [1.29, 1.82) is 0 Å². The van der Waals surface area contributed by atoms with Crippen molar-refractivity contribution < 1.29 is 9.53 Å². The standard InChI is InChI=1S/C22H21BrN4O2.CH4/c1-3-29-20(28)10-8-18-22-25-13-14(2)27(22)19-9-7-15(23)12-16(19)21(26-18)17-6-4-5-11-24-17;/h4-7,9,11-13,18H,3,8,10H2,1-2H3;1H4/t18-;/m0./s1. The molecule has 0 saturated carbocycles. The molecule has 1 aromatic carbocycles. The zero-order chi connectivity index (χ0) is 20.4. The second-order valence-corrected chi connectivity index (χ2v) is 7.72. The van der Waals surface area contributed by atoms with Gasteiger partial charge in [-0.05, 0) is 50.6 Å². The van der Waals surface area contributed by atoms with Crippen LogP contribution >= 0.6 is 15.9 Å². The SMILES string of the molecule is C.CCOC(=O)CC[C@@H]1N=C(c2ccccn2)c2cc(Br)ccc2-n2c(C)cnc21. The highest BCUT2D eigenvalue weighted by Gasteiger charge is 2.28. The van der Waals surface area contributed by atoms with E-state index >= 15 is 0 Å². The van der Waals surface area contributed by atoms with Crippen molar-refractivity contribution in [2.75, 3.05) is 6.61 Å². The van der Waals surface area contributed by atoms with Crippen LogP contribution < -0.4 is 0 Å². The van der Waals surface area contributed by atoms with Gasteiger partial charge in [-0.2, -0.15) is 0 Å². The Morgan fingerprint density at radius 1 is 1.23 bits per heavy atom. The van der Waals surface area contributed by atoms with Gasteiger partial charge in [-0.25, -0.2) is 4.98 Å². The Morgan fingerprint density at radius 3 is 2.80 bits per heavy atom. The molecule has 0 N–H and O–H groups in total. The van der Waals surface area contributed by atoms with E-state index in [9.17, 15) is 4.79 Å². The molecular weight excluding hydrogens is 444 g/mol. The molecular formula is C23H25BrN4O2. The minimum absolute atomic E-state index is 0. The van der Waals surface area contributed by atoms with Gasteiger partial charge < -0.3 is 4.74 Å². The van der Waals surface area contributed by atoms with Crippen molar-refractivity contribution in [3.63, 3.8) is 0 Å². The maximum Gasteiger partial charge on any atom is 0.305 e. The molecule has 0 aliphatic carbocycles. The summed E-state index contributed by atoms with van der Waals surface area (Å²) in [5.41, 5.74) is 4.57. The Morgan fingerprint density at radius 2 is 2.07 bits per heavy atom. The molecule has 2 aromatic heterocycles. The molecule has 156 valence electrons. The monoisotopic (exact) mass is 468 g/mol. The van der Waals surface area contributed by atoms with Crippen molar-refractivity contribution in [3.8, 4) is 5.69 Å². The Bertz CT molecular complexity index is 1080. The van der Waals surface area contributed by atoms with E-state index in [1.54, 1.807) is 6.20 Å². The summed E-state index contributed by atoms with van der Waals surface area (Å²) in [6.45, 7) is 4.21. The number of imidazole rings is 1. The topological polar surface area (TPSA) is 69.4 Å². The number of esters is 1. The lowest BCUT2D eigenvalue weighted by Gasteiger charge is -2.14. The normalized spacial score (nSPS) is 14.6. The number of pyridine rings is 1. The highest BCUT2D eigenvalue weighted by Crippen LogP contribution is 2.34. The van der Waals surface area contributed by atoms with Crippen LogP contribution in [0.25, 0.3) is 5.69 Å². The van der Waals surface area contributed by atoms with Crippen LogP contribution in [0.2, 0.25) is 0 Å². The highest BCUT2D eigenvalue weighted by atomic mass is 79.9. The van der Waals surface area contributed by atoms with Crippen LogP contribution in [0, 0.1) is 6.92 Å². The third-order valence-electron chi connectivity index (χ3n) is 4.84. The molecule has 4 rings (SSSR count). The summed E-state index contributed by atoms with van der Waals surface area (Å²) in [6.07, 6.45) is 4.40. The highest BCUT2D eigenvalue weighted by molar-refractivity contribution is 9.10. The molecule has 0 radical (unpaired) electrons. The number of hydrogen-bond acceptors (Lipinski definition) is 5. The van der Waals surface area contributed by atoms with E-state index in [4.69, 9.17) is 9.73 Å². The van der Waals surface area contributed by atoms with Crippen molar-refractivity contribution in [2.45, 2.75) is 40.2 Å². The number of hydrogen-bond donors (Lipinski definition) is 0. The van der Waals surface area contributed by atoms with Crippen LogP contribution in [0.1, 0.15) is 56.0 Å². The number of carbonyl (C=O) groups excluding carboxylic acids is 1. The number of aliphatic imine (C=N–C) groups is 1. The first-order valence-corrected chi connectivity index (χ1v) is 10.4. The number of carbonyl (C=O) groups is 1. The van der Waals surface area contributed by atoms with Gasteiger partial charge in [-0.15, -0.1) is 0 Å². The molecule has 7 heteroatoms. The molecule has 0 unspecified atom stereocenters. The maximum atomic E-state index is 12.0. The Kier molecular flexibility index (Phi) is 6.82. The summed E-state index contributed by atoms with van der Waals surface area (Å²) in [5.74, 6) is 0.600. The number of benzene rings is 1. The number of rotatable bonds is 5. The summed E-state index contributed by atoms with van der Waals surface area (Å²) < 4.78 is 8.20. The third-order valence-corrected chi connectivity index (χ3v) is 5.33. The molecule has 6 nitrogen and oxygen atoms in total. The van der Waals surface area contributed by atoms with E-state index in [-0.39, 0.29) is 25.9 Å². The summed E-state index contributed by atoms with van der Waals surface area (Å²) >= 11 is 3.59. The predicted molar refractivity (Wildman–Crippen MR) is 121 cm³/mol. The van der Waals surface area contributed by atoms with Gasteiger partial charge >= 0.3 is 5.97 Å². The van der Waals surface area contributed by atoms with Crippen molar-refractivity contribution in [1.82, 2.24) is 14.5 Å². The summed E-state index contributed by atoms with van der Waals surface area (Å²) in [5, 5.41) is 0. The van der Waals surface area contributed by atoms with Crippen LogP contribution in [0.4, 0.5) is 0 Å². The third kappa shape index (κ3) is 4.21. The van der Waals surface area contributed by atoms with Crippen LogP contribution in [0.15, 0.2) is 58.3 Å². The number of aryl methyl sites for hydroxylation is 1. The Labute approximate surface area is 185 Å². The van der Waals surface area contributed by atoms with Gasteiger partial charge in [0.15, 0.2) is 0 Å². The van der Waals surface area contributed by atoms with E-state index < -0.39 is 0 Å². The Balaban J connectivity index is 0.00000256. The maximum absolute atomic E-state index is 12.0. The van der Waals surface area contributed by atoms with Gasteiger partial charge in [0.1, 0.15) is 11.9 Å². The average molecular weight is 469 g/mol. The van der Waals surface area contributed by atoms with Gasteiger partial charge in [-0.1, -0.05) is 29.4 Å². The first-order valence-electron chi connectivity index (χ1n) is 9.58. The first kappa shape index (κ1) is 21.9. The number of ether oxygens (including phenoxy) is 1. The Hall–Kier alpha value is -2.80. The van der Waals surface area contributed by atoms with Crippen molar-refractivity contribution >= 4 is 27.6 Å². The van der Waals surface area contributed by atoms with Crippen molar-refractivity contribution in [2.24, 2.45) is 4.99 Å². The second kappa shape index (κ2) is 9.34. The smallest absolute Gasteiger partial charge is 0.305 e. The fourth-order valence-electron chi connectivity index (χ4n) is 3.57. The number of nitrogens with zero attached hydrogens (tertiary/aromatic N) is 4. The van der Waals surface area contributed by atoms with E-state index in [0.717, 1.165) is 38.6 Å². The zero-order valence-electron chi connectivity index (χ0n) is 16.3. The largest absolute Gasteiger partial charge is 0.466 e. The summed E-state index contributed by atoms with van der Waals surface area (Å²) in [7, 11) is 0. The summed E-state index contributed by atoms with van der Waals surface area (Å²) in [4.78, 5) is 26.2. The second-order valence-electron chi connectivity index (χ2n) is 6.81. The molecule has 3 aromatic rings. The van der Waals surface area contributed by atoms with Gasteiger partial charge in [0, 0.05) is 34.5 Å². The lowest BCUT2D eigenvalue weighted by atomic mass is 10.0. The van der Waals surface area contributed by atoms with Crippen LogP contribution in [0.3, 0.4) is 0 Å². The molecule has 0 spiro atoms. The lowest BCUT2D eigenvalue weighted by molar-refractivity contribution is -0.143. The molecule has 3 heterocycles. The van der Waals surface area contributed by atoms with Gasteiger partial charge in [0.25, 0.3) is 0 Å². The molecule has 1 atom stereocenters. The fourth-order valence-corrected chi connectivity index (χ4v) is 3.93. The van der Waals surface area contributed by atoms with Crippen LogP contribution in [-0.2, 0) is 9.53 Å². The van der Waals surface area contributed by atoms with Crippen LogP contribution in [-0.4, -0.2) is 32.8 Å². The van der Waals surface area contributed by atoms with Crippen molar-refractivity contribution in [3.05, 3.63) is 76.0 Å². The van der Waals surface area contributed by atoms with E-state index in [1.165, 1.54) is 0 Å². The molecule has 0 amide bonds. The molecule has 1 aliphatic heterocycles. The predicted octanol–water partition coefficient (Wildman–Crippen LogP) is 5.21. The molecule has 30 heavy (non-hydrogen) atoms.